The molecule has 6 heteroatoms. The molecule has 0 fully saturated rings. The normalized spacial score (nSPS) is 11.4. The molecule has 1 aromatic carbocycles. The highest BCUT2D eigenvalue weighted by Crippen LogP contribution is 2.09. The molecule has 2 heterocycles. The van der Waals surface area contributed by atoms with Crippen LogP contribution in [0, 0.1) is 0 Å². The summed E-state index contributed by atoms with van der Waals surface area (Å²) in [6, 6.07) is 13.3. The van der Waals surface area contributed by atoms with Crippen LogP contribution in [-0.2, 0) is 6.42 Å². The number of aromatic nitrogens is 2. The summed E-state index contributed by atoms with van der Waals surface area (Å²) < 4.78 is 0. The maximum absolute atomic E-state index is 12.0. The van der Waals surface area contributed by atoms with E-state index in [0.717, 1.165) is 17.1 Å². The number of amides is 1. The van der Waals surface area contributed by atoms with Crippen LogP contribution in [0.3, 0.4) is 0 Å². The molecule has 110 valence electrons. The second-order valence-corrected chi connectivity index (χ2v) is 5.50. The summed E-state index contributed by atoms with van der Waals surface area (Å²) in [6.07, 6.45) is 3.98. The molecule has 0 aliphatic carbocycles. The summed E-state index contributed by atoms with van der Waals surface area (Å²) in [5.41, 5.74) is 4.31. The van der Waals surface area contributed by atoms with Gasteiger partial charge in [0.25, 0.3) is 5.91 Å². The third-order valence-corrected chi connectivity index (χ3v) is 3.90. The molecule has 1 amide bonds. The van der Waals surface area contributed by atoms with Crippen molar-refractivity contribution in [1.29, 1.82) is 0 Å². The van der Waals surface area contributed by atoms with Gasteiger partial charge in [0, 0.05) is 12.4 Å². The molecule has 0 aliphatic heterocycles. The second-order valence-electron chi connectivity index (χ2n) is 4.56. The van der Waals surface area contributed by atoms with Gasteiger partial charge in [-0.15, -0.1) is 11.3 Å². The van der Waals surface area contributed by atoms with E-state index in [1.54, 1.807) is 18.5 Å². The summed E-state index contributed by atoms with van der Waals surface area (Å²) in [6.45, 7) is 0. The predicted molar refractivity (Wildman–Crippen MR) is 87.1 cm³/mol. The first kappa shape index (κ1) is 14.2. The van der Waals surface area contributed by atoms with E-state index < -0.39 is 0 Å². The SMILES string of the molecule is O=C(N/N=C(\Cc1ncc[nH]1)c1ccccc1)c1cccs1. The van der Waals surface area contributed by atoms with Crippen LogP contribution < -0.4 is 5.43 Å². The molecule has 5 nitrogen and oxygen atoms in total. The van der Waals surface area contributed by atoms with Gasteiger partial charge in [-0.05, 0) is 17.0 Å². The number of rotatable bonds is 5. The standard InChI is InChI=1S/C16H14N4OS/c21-16(14-7-4-10-22-14)20-19-13(11-15-17-8-9-18-15)12-5-2-1-3-6-12/h1-10H,11H2,(H,17,18)(H,20,21)/b19-13+. The molecule has 2 aromatic heterocycles. The second kappa shape index (κ2) is 6.82. The van der Waals surface area contributed by atoms with Crippen LogP contribution in [-0.4, -0.2) is 21.6 Å². The molecular weight excluding hydrogens is 296 g/mol. The molecule has 2 N–H and O–H groups in total. The Morgan fingerprint density at radius 3 is 2.77 bits per heavy atom. The zero-order valence-electron chi connectivity index (χ0n) is 11.7. The van der Waals surface area contributed by atoms with Gasteiger partial charge in [0.05, 0.1) is 17.0 Å². The van der Waals surface area contributed by atoms with Crippen molar-refractivity contribution in [3.63, 3.8) is 0 Å². The zero-order valence-corrected chi connectivity index (χ0v) is 12.5. The van der Waals surface area contributed by atoms with Crippen molar-refractivity contribution >= 4 is 23.0 Å². The number of nitrogens with one attached hydrogen (secondary N) is 2. The Morgan fingerprint density at radius 2 is 2.09 bits per heavy atom. The number of hydrogen-bond acceptors (Lipinski definition) is 4. The highest BCUT2D eigenvalue weighted by atomic mass is 32.1. The largest absolute Gasteiger partial charge is 0.348 e. The van der Waals surface area contributed by atoms with Gasteiger partial charge >= 0.3 is 0 Å². The summed E-state index contributed by atoms with van der Waals surface area (Å²) in [4.78, 5) is 19.9. The molecule has 0 saturated heterocycles. The lowest BCUT2D eigenvalue weighted by molar-refractivity contribution is 0.0959. The number of hydrogen-bond donors (Lipinski definition) is 2. The molecular formula is C16H14N4OS. The summed E-state index contributed by atoms with van der Waals surface area (Å²) >= 11 is 1.38. The fourth-order valence-electron chi connectivity index (χ4n) is 1.97. The van der Waals surface area contributed by atoms with Crippen molar-refractivity contribution in [2.24, 2.45) is 5.10 Å². The maximum Gasteiger partial charge on any atom is 0.281 e. The van der Waals surface area contributed by atoms with Crippen LogP contribution in [0.4, 0.5) is 0 Å². The third-order valence-electron chi connectivity index (χ3n) is 3.03. The number of aromatic amines is 1. The van der Waals surface area contributed by atoms with Crippen LogP contribution in [0.1, 0.15) is 21.1 Å². The van der Waals surface area contributed by atoms with E-state index in [9.17, 15) is 4.79 Å². The lowest BCUT2D eigenvalue weighted by Crippen LogP contribution is -2.20. The van der Waals surface area contributed by atoms with Crippen LogP contribution in [0.5, 0.6) is 0 Å². The predicted octanol–water partition coefficient (Wildman–Crippen LogP) is 2.85. The molecule has 0 bridgehead atoms. The van der Waals surface area contributed by atoms with Gasteiger partial charge in [0.1, 0.15) is 5.82 Å². The molecule has 0 unspecified atom stereocenters. The highest BCUT2D eigenvalue weighted by Gasteiger charge is 2.09. The van der Waals surface area contributed by atoms with E-state index in [2.05, 4.69) is 20.5 Å². The van der Waals surface area contributed by atoms with Crippen LogP contribution in [0.15, 0.2) is 65.3 Å². The summed E-state index contributed by atoms with van der Waals surface area (Å²) in [7, 11) is 0. The lowest BCUT2D eigenvalue weighted by atomic mass is 10.1. The van der Waals surface area contributed by atoms with Gasteiger partial charge in [-0.2, -0.15) is 5.10 Å². The van der Waals surface area contributed by atoms with E-state index in [-0.39, 0.29) is 5.91 Å². The number of nitrogens with zero attached hydrogens (tertiary/aromatic N) is 2. The Bertz CT molecular complexity index is 749. The van der Waals surface area contributed by atoms with Crippen molar-refractivity contribution < 1.29 is 4.79 Å². The van der Waals surface area contributed by atoms with E-state index in [1.165, 1.54) is 11.3 Å². The maximum atomic E-state index is 12.0. The first-order valence-electron chi connectivity index (χ1n) is 6.77. The number of H-pyrrole nitrogens is 1. The molecule has 3 rings (SSSR count). The van der Waals surface area contributed by atoms with Crippen molar-refractivity contribution in [3.05, 3.63) is 76.5 Å². The molecule has 0 spiro atoms. The van der Waals surface area contributed by atoms with E-state index in [0.29, 0.717) is 11.3 Å². The Kier molecular flexibility index (Phi) is 4.41. The van der Waals surface area contributed by atoms with Gasteiger partial charge < -0.3 is 4.98 Å². The zero-order chi connectivity index (χ0) is 15.2. The Morgan fingerprint density at radius 1 is 1.23 bits per heavy atom. The number of hydrazone groups is 1. The average molecular weight is 310 g/mol. The number of benzene rings is 1. The summed E-state index contributed by atoms with van der Waals surface area (Å²) in [5, 5.41) is 6.15. The van der Waals surface area contributed by atoms with Gasteiger partial charge in [-0.25, -0.2) is 10.4 Å². The van der Waals surface area contributed by atoms with Crippen molar-refractivity contribution in [1.82, 2.24) is 15.4 Å². The van der Waals surface area contributed by atoms with Crippen molar-refractivity contribution in [2.75, 3.05) is 0 Å². The van der Waals surface area contributed by atoms with Crippen LogP contribution in [0.2, 0.25) is 0 Å². The fourth-order valence-corrected chi connectivity index (χ4v) is 2.58. The van der Waals surface area contributed by atoms with E-state index >= 15 is 0 Å². The third kappa shape index (κ3) is 3.48. The number of carbonyl (C=O) groups excluding carboxylic acids is 1. The Hall–Kier alpha value is -2.73. The molecule has 0 atom stereocenters. The number of thiophene rings is 1. The monoisotopic (exact) mass is 310 g/mol. The number of carbonyl (C=O) groups is 1. The highest BCUT2D eigenvalue weighted by molar-refractivity contribution is 7.12. The van der Waals surface area contributed by atoms with Crippen molar-refractivity contribution in [3.8, 4) is 0 Å². The summed E-state index contributed by atoms with van der Waals surface area (Å²) in [5.74, 6) is 0.593. The molecule has 0 saturated carbocycles. The lowest BCUT2D eigenvalue weighted by Gasteiger charge is -2.06. The van der Waals surface area contributed by atoms with Gasteiger partial charge in [-0.1, -0.05) is 36.4 Å². The minimum atomic E-state index is -0.206. The van der Waals surface area contributed by atoms with Gasteiger partial charge in [0.2, 0.25) is 0 Å². The van der Waals surface area contributed by atoms with Crippen molar-refractivity contribution in [2.45, 2.75) is 6.42 Å². The minimum Gasteiger partial charge on any atom is -0.348 e. The molecule has 22 heavy (non-hydrogen) atoms. The Labute approximate surface area is 131 Å². The van der Waals surface area contributed by atoms with E-state index in [1.807, 2.05) is 41.8 Å². The number of imidazole rings is 1. The molecule has 0 radical (unpaired) electrons. The first-order chi connectivity index (χ1) is 10.8. The minimum absolute atomic E-state index is 0.206. The van der Waals surface area contributed by atoms with E-state index in [4.69, 9.17) is 0 Å². The quantitative estimate of drug-likeness (QED) is 0.562. The van der Waals surface area contributed by atoms with Crippen LogP contribution in [0.25, 0.3) is 0 Å². The fraction of sp³-hybridized carbons (Fsp3) is 0.0625. The van der Waals surface area contributed by atoms with Gasteiger partial charge in [-0.3, -0.25) is 4.79 Å². The molecule has 0 aliphatic rings. The molecule has 3 aromatic rings. The van der Waals surface area contributed by atoms with Crippen LogP contribution >= 0.6 is 11.3 Å². The smallest absolute Gasteiger partial charge is 0.281 e. The van der Waals surface area contributed by atoms with Gasteiger partial charge in [0.15, 0.2) is 0 Å². The topological polar surface area (TPSA) is 70.1 Å². The average Bonchev–Trinajstić information content (AvgIpc) is 3.25. The Balaban J connectivity index is 1.81. The first-order valence-corrected chi connectivity index (χ1v) is 7.65.